The molecular formula is C16H17N3O4S. The maximum atomic E-state index is 12.3. The van der Waals surface area contributed by atoms with Gasteiger partial charge in [-0.3, -0.25) is 4.79 Å². The number of methoxy groups -OCH3 is 1. The zero-order valence-corrected chi connectivity index (χ0v) is 13.8. The SMILES string of the molecule is COc1ccc(CNC(=O)[C@H]2Nc3ccccc3S(=O)(=O)N2)cc1. The van der Waals surface area contributed by atoms with Gasteiger partial charge in [0, 0.05) is 6.54 Å². The van der Waals surface area contributed by atoms with Crippen molar-refractivity contribution in [3.63, 3.8) is 0 Å². The molecule has 3 rings (SSSR count). The predicted molar refractivity (Wildman–Crippen MR) is 89.0 cm³/mol. The van der Waals surface area contributed by atoms with E-state index in [1.165, 1.54) is 6.07 Å². The van der Waals surface area contributed by atoms with Crippen molar-refractivity contribution in [1.82, 2.24) is 10.0 Å². The standard InChI is InChI=1S/C16H17N3O4S/c1-23-12-8-6-11(7-9-12)10-17-16(20)15-18-13-4-2-3-5-14(13)24(21,22)19-15/h2-9,15,18-19H,10H2,1H3,(H,17,20)/t15-/m0/s1. The largest absolute Gasteiger partial charge is 0.497 e. The number of anilines is 1. The molecule has 3 N–H and O–H groups in total. The number of hydrogen-bond donors (Lipinski definition) is 3. The van der Waals surface area contributed by atoms with Gasteiger partial charge in [-0.15, -0.1) is 0 Å². The predicted octanol–water partition coefficient (Wildman–Crippen LogP) is 1.04. The Morgan fingerprint density at radius 3 is 2.58 bits per heavy atom. The van der Waals surface area contributed by atoms with E-state index >= 15 is 0 Å². The van der Waals surface area contributed by atoms with Crippen LogP contribution in [0.15, 0.2) is 53.4 Å². The molecule has 1 aliphatic heterocycles. The third kappa shape index (κ3) is 3.34. The summed E-state index contributed by atoms with van der Waals surface area (Å²) < 4.78 is 31.8. The molecule has 0 radical (unpaired) electrons. The molecule has 1 amide bonds. The van der Waals surface area contributed by atoms with Crippen molar-refractivity contribution < 1.29 is 17.9 Å². The van der Waals surface area contributed by atoms with Crippen LogP contribution in [0.1, 0.15) is 5.56 Å². The van der Waals surface area contributed by atoms with Gasteiger partial charge in [0.1, 0.15) is 10.6 Å². The van der Waals surface area contributed by atoms with Gasteiger partial charge < -0.3 is 15.4 Å². The summed E-state index contributed by atoms with van der Waals surface area (Å²) >= 11 is 0. The molecule has 2 aromatic rings. The van der Waals surface area contributed by atoms with E-state index in [0.29, 0.717) is 5.69 Å². The van der Waals surface area contributed by atoms with Gasteiger partial charge in [0.15, 0.2) is 6.17 Å². The van der Waals surface area contributed by atoms with Crippen LogP contribution in [0.4, 0.5) is 5.69 Å². The van der Waals surface area contributed by atoms with Gasteiger partial charge in [-0.05, 0) is 29.8 Å². The summed E-state index contributed by atoms with van der Waals surface area (Å²) in [5, 5.41) is 5.59. The van der Waals surface area contributed by atoms with Crippen LogP contribution in [0, 0.1) is 0 Å². The summed E-state index contributed by atoms with van der Waals surface area (Å²) in [4.78, 5) is 12.4. The Kier molecular flexibility index (Phi) is 4.41. The fourth-order valence-electron chi connectivity index (χ4n) is 2.38. The average Bonchev–Trinajstić information content (AvgIpc) is 2.59. The Balaban J connectivity index is 1.68. The second-order valence-corrected chi connectivity index (χ2v) is 6.94. The number of amides is 1. The second-order valence-electron chi connectivity index (χ2n) is 5.26. The highest BCUT2D eigenvalue weighted by atomic mass is 32.2. The third-order valence-electron chi connectivity index (χ3n) is 3.64. The molecule has 1 atom stereocenters. The Morgan fingerprint density at radius 1 is 1.17 bits per heavy atom. The van der Waals surface area contributed by atoms with Crippen LogP contribution in [0.25, 0.3) is 0 Å². The van der Waals surface area contributed by atoms with Crippen molar-refractivity contribution in [2.24, 2.45) is 0 Å². The van der Waals surface area contributed by atoms with Crippen molar-refractivity contribution >= 4 is 21.6 Å². The molecule has 2 aromatic carbocycles. The van der Waals surface area contributed by atoms with Crippen LogP contribution in [0.2, 0.25) is 0 Å². The lowest BCUT2D eigenvalue weighted by molar-refractivity contribution is -0.122. The topological polar surface area (TPSA) is 96.5 Å². The molecule has 0 saturated carbocycles. The van der Waals surface area contributed by atoms with Crippen LogP contribution in [-0.2, 0) is 21.4 Å². The van der Waals surface area contributed by atoms with Crippen LogP contribution in [-0.4, -0.2) is 27.6 Å². The minimum Gasteiger partial charge on any atom is -0.497 e. The molecule has 1 aliphatic rings. The van der Waals surface area contributed by atoms with Crippen LogP contribution in [0.5, 0.6) is 5.75 Å². The Morgan fingerprint density at radius 2 is 1.88 bits per heavy atom. The van der Waals surface area contributed by atoms with E-state index in [2.05, 4.69) is 15.4 Å². The highest BCUT2D eigenvalue weighted by molar-refractivity contribution is 7.89. The van der Waals surface area contributed by atoms with Gasteiger partial charge in [-0.1, -0.05) is 24.3 Å². The number of hydrogen-bond acceptors (Lipinski definition) is 5. The first kappa shape index (κ1) is 16.3. The minimum atomic E-state index is -3.72. The van der Waals surface area contributed by atoms with Crippen LogP contribution < -0.4 is 20.1 Å². The summed E-state index contributed by atoms with van der Waals surface area (Å²) in [7, 11) is -2.14. The number of ether oxygens (including phenoxy) is 1. The monoisotopic (exact) mass is 347 g/mol. The van der Waals surface area contributed by atoms with E-state index in [4.69, 9.17) is 4.74 Å². The summed E-state index contributed by atoms with van der Waals surface area (Å²) in [5.74, 6) is 0.271. The molecule has 0 aliphatic carbocycles. The normalized spacial score (nSPS) is 18.1. The smallest absolute Gasteiger partial charge is 0.258 e. The van der Waals surface area contributed by atoms with Gasteiger partial charge in [-0.2, -0.15) is 4.72 Å². The molecule has 8 heteroatoms. The summed E-state index contributed by atoms with van der Waals surface area (Å²) in [6.45, 7) is 0.282. The van der Waals surface area contributed by atoms with Crippen LogP contribution in [0.3, 0.4) is 0 Å². The van der Waals surface area contributed by atoms with Crippen LogP contribution >= 0.6 is 0 Å². The highest BCUT2D eigenvalue weighted by Crippen LogP contribution is 2.25. The zero-order valence-electron chi connectivity index (χ0n) is 12.9. The molecule has 0 saturated heterocycles. The van der Waals surface area contributed by atoms with Gasteiger partial charge in [-0.25, -0.2) is 8.42 Å². The summed E-state index contributed by atoms with van der Waals surface area (Å²) in [6.07, 6.45) is -1.05. The molecule has 0 bridgehead atoms. The maximum Gasteiger partial charge on any atom is 0.258 e. The van der Waals surface area contributed by atoms with Gasteiger partial charge >= 0.3 is 0 Å². The van der Waals surface area contributed by atoms with E-state index < -0.39 is 22.1 Å². The number of sulfonamides is 1. The van der Waals surface area contributed by atoms with Crippen molar-refractivity contribution in [2.75, 3.05) is 12.4 Å². The first-order valence-corrected chi connectivity index (χ1v) is 8.76. The van der Waals surface area contributed by atoms with E-state index in [1.54, 1.807) is 37.4 Å². The lowest BCUT2D eigenvalue weighted by atomic mass is 10.2. The Hall–Kier alpha value is -2.58. The molecule has 0 fully saturated rings. The van der Waals surface area contributed by atoms with Crippen molar-refractivity contribution in [3.8, 4) is 5.75 Å². The summed E-state index contributed by atoms with van der Waals surface area (Å²) in [6, 6.07) is 13.7. The minimum absolute atomic E-state index is 0.129. The van der Waals surface area contributed by atoms with E-state index in [0.717, 1.165) is 11.3 Å². The molecule has 7 nitrogen and oxygen atoms in total. The van der Waals surface area contributed by atoms with Crippen molar-refractivity contribution in [1.29, 1.82) is 0 Å². The fraction of sp³-hybridized carbons (Fsp3) is 0.188. The molecule has 1 heterocycles. The molecule has 0 unspecified atom stereocenters. The lowest BCUT2D eigenvalue weighted by Crippen LogP contribution is -2.53. The quantitative estimate of drug-likeness (QED) is 0.768. The lowest BCUT2D eigenvalue weighted by Gasteiger charge is -2.27. The first-order chi connectivity index (χ1) is 11.5. The first-order valence-electron chi connectivity index (χ1n) is 7.28. The second kappa shape index (κ2) is 6.50. The average molecular weight is 347 g/mol. The Bertz CT molecular complexity index is 850. The van der Waals surface area contributed by atoms with E-state index in [1.807, 2.05) is 12.1 Å². The molecule has 126 valence electrons. The molecule has 0 spiro atoms. The number of benzene rings is 2. The summed E-state index contributed by atoms with van der Waals surface area (Å²) in [5.41, 5.74) is 1.28. The number of para-hydroxylation sites is 1. The highest BCUT2D eigenvalue weighted by Gasteiger charge is 2.32. The number of carbonyl (C=O) groups excluding carboxylic acids is 1. The Labute approximate surface area is 140 Å². The van der Waals surface area contributed by atoms with E-state index in [9.17, 15) is 13.2 Å². The number of rotatable bonds is 4. The van der Waals surface area contributed by atoms with Crippen molar-refractivity contribution in [2.45, 2.75) is 17.6 Å². The van der Waals surface area contributed by atoms with Gasteiger partial charge in [0.05, 0.1) is 12.8 Å². The molecule has 24 heavy (non-hydrogen) atoms. The van der Waals surface area contributed by atoms with Gasteiger partial charge in [0.25, 0.3) is 5.91 Å². The van der Waals surface area contributed by atoms with E-state index in [-0.39, 0.29) is 11.4 Å². The number of fused-ring (bicyclic) bond motifs is 1. The zero-order chi connectivity index (χ0) is 17.2. The third-order valence-corrected chi connectivity index (χ3v) is 5.12. The van der Waals surface area contributed by atoms with Gasteiger partial charge in [0.2, 0.25) is 10.0 Å². The number of carbonyl (C=O) groups is 1. The fourth-order valence-corrected chi connectivity index (χ4v) is 3.65. The maximum absolute atomic E-state index is 12.3. The molecule has 0 aromatic heterocycles. The van der Waals surface area contributed by atoms with Crippen molar-refractivity contribution in [3.05, 3.63) is 54.1 Å². The molecular weight excluding hydrogens is 330 g/mol. The number of nitrogens with one attached hydrogen (secondary N) is 3.